The summed E-state index contributed by atoms with van der Waals surface area (Å²) < 4.78 is 10.3. The van der Waals surface area contributed by atoms with Crippen LogP contribution in [0, 0.1) is 0 Å². The molecule has 4 nitrogen and oxygen atoms in total. The van der Waals surface area contributed by atoms with E-state index in [2.05, 4.69) is 5.32 Å². The molecular weight excluding hydrogens is 230 g/mol. The van der Waals surface area contributed by atoms with Crippen LogP contribution in [0.1, 0.15) is 30.0 Å². The molecule has 1 aromatic carbocycles. The molecule has 1 aromatic rings. The van der Waals surface area contributed by atoms with Crippen LogP contribution < -0.4 is 5.32 Å². The van der Waals surface area contributed by atoms with Crippen LogP contribution in [0.15, 0.2) is 18.2 Å². The number of nitrogens with one attached hydrogen (secondary N) is 1. The van der Waals surface area contributed by atoms with Crippen molar-refractivity contribution in [3.8, 4) is 5.75 Å². The summed E-state index contributed by atoms with van der Waals surface area (Å²) in [4.78, 5) is 0. The predicted molar refractivity (Wildman–Crippen MR) is 69.6 cm³/mol. The third-order valence-electron chi connectivity index (χ3n) is 3.50. The van der Waals surface area contributed by atoms with Gasteiger partial charge >= 0.3 is 0 Å². The van der Waals surface area contributed by atoms with Gasteiger partial charge in [0.1, 0.15) is 5.75 Å². The van der Waals surface area contributed by atoms with Crippen molar-refractivity contribution in [1.29, 1.82) is 0 Å². The van der Waals surface area contributed by atoms with Gasteiger partial charge in [0.15, 0.2) is 6.29 Å². The summed E-state index contributed by atoms with van der Waals surface area (Å²) in [5.74, 6) is 0.348. The second kappa shape index (κ2) is 6.18. The molecule has 100 valence electrons. The SMILES string of the molecule is COC(CNC1CCCc2cc(O)ccc21)OC. The van der Waals surface area contributed by atoms with Crippen molar-refractivity contribution >= 4 is 0 Å². The molecule has 0 fully saturated rings. The second-order valence-electron chi connectivity index (χ2n) is 4.64. The summed E-state index contributed by atoms with van der Waals surface area (Å²) in [5.41, 5.74) is 2.52. The van der Waals surface area contributed by atoms with Crippen molar-refractivity contribution in [2.45, 2.75) is 31.6 Å². The first-order valence-corrected chi connectivity index (χ1v) is 6.35. The fourth-order valence-corrected chi connectivity index (χ4v) is 2.51. The molecule has 2 rings (SSSR count). The Kier molecular flexibility index (Phi) is 4.58. The monoisotopic (exact) mass is 251 g/mol. The lowest BCUT2D eigenvalue weighted by atomic mass is 9.87. The van der Waals surface area contributed by atoms with E-state index in [0.29, 0.717) is 18.3 Å². The van der Waals surface area contributed by atoms with Crippen molar-refractivity contribution in [2.75, 3.05) is 20.8 Å². The smallest absolute Gasteiger partial charge is 0.169 e. The van der Waals surface area contributed by atoms with E-state index in [0.717, 1.165) is 19.3 Å². The van der Waals surface area contributed by atoms with Crippen LogP contribution in [0.2, 0.25) is 0 Å². The first-order chi connectivity index (χ1) is 8.74. The fraction of sp³-hybridized carbons (Fsp3) is 0.571. The highest BCUT2D eigenvalue weighted by Gasteiger charge is 2.21. The first-order valence-electron chi connectivity index (χ1n) is 6.35. The number of phenols is 1. The summed E-state index contributed by atoms with van der Waals surface area (Å²) in [6.07, 6.45) is 3.07. The van der Waals surface area contributed by atoms with E-state index in [1.807, 2.05) is 12.1 Å². The minimum Gasteiger partial charge on any atom is -0.508 e. The first kappa shape index (κ1) is 13.3. The maximum atomic E-state index is 9.51. The highest BCUT2D eigenvalue weighted by molar-refractivity contribution is 5.38. The number of hydrogen-bond donors (Lipinski definition) is 2. The zero-order valence-corrected chi connectivity index (χ0v) is 11.0. The maximum Gasteiger partial charge on any atom is 0.169 e. The molecule has 2 N–H and O–H groups in total. The van der Waals surface area contributed by atoms with E-state index in [-0.39, 0.29) is 6.29 Å². The summed E-state index contributed by atoms with van der Waals surface area (Å²) >= 11 is 0. The quantitative estimate of drug-likeness (QED) is 0.786. The van der Waals surface area contributed by atoms with Gasteiger partial charge in [-0.15, -0.1) is 0 Å². The lowest BCUT2D eigenvalue weighted by molar-refractivity contribution is -0.100. The third kappa shape index (κ3) is 3.02. The van der Waals surface area contributed by atoms with Gasteiger partial charge in [-0.1, -0.05) is 6.07 Å². The second-order valence-corrected chi connectivity index (χ2v) is 4.64. The van der Waals surface area contributed by atoms with Gasteiger partial charge < -0.3 is 19.9 Å². The Hall–Kier alpha value is -1.10. The van der Waals surface area contributed by atoms with Gasteiger partial charge in [0, 0.05) is 26.8 Å². The highest BCUT2D eigenvalue weighted by Crippen LogP contribution is 2.31. The molecule has 0 aliphatic heterocycles. The normalized spacial score (nSPS) is 18.9. The summed E-state index contributed by atoms with van der Waals surface area (Å²) in [6.45, 7) is 0.665. The number of ether oxygens (including phenoxy) is 2. The molecule has 0 saturated heterocycles. The molecular formula is C14H21NO3. The van der Waals surface area contributed by atoms with Gasteiger partial charge in [-0.3, -0.25) is 0 Å². The predicted octanol–water partition coefficient (Wildman–Crippen LogP) is 1.98. The molecule has 0 amide bonds. The number of phenolic OH excluding ortho intramolecular Hbond substituents is 1. The lowest BCUT2D eigenvalue weighted by Gasteiger charge is -2.28. The van der Waals surface area contributed by atoms with Crippen LogP contribution in [-0.2, 0) is 15.9 Å². The zero-order valence-electron chi connectivity index (χ0n) is 11.0. The summed E-state index contributed by atoms with van der Waals surface area (Å²) in [7, 11) is 3.28. The number of aryl methyl sites for hydroxylation is 1. The van der Waals surface area contributed by atoms with Gasteiger partial charge in [-0.25, -0.2) is 0 Å². The van der Waals surface area contributed by atoms with E-state index in [1.165, 1.54) is 11.1 Å². The van der Waals surface area contributed by atoms with Gasteiger partial charge in [-0.2, -0.15) is 0 Å². The molecule has 0 aromatic heterocycles. The van der Waals surface area contributed by atoms with Crippen LogP contribution >= 0.6 is 0 Å². The van der Waals surface area contributed by atoms with Crippen molar-refractivity contribution < 1.29 is 14.6 Å². The Morgan fingerprint density at radius 3 is 2.89 bits per heavy atom. The van der Waals surface area contributed by atoms with Crippen molar-refractivity contribution in [3.05, 3.63) is 29.3 Å². The van der Waals surface area contributed by atoms with Crippen molar-refractivity contribution in [3.63, 3.8) is 0 Å². The Balaban J connectivity index is 2.03. The molecule has 0 heterocycles. The summed E-state index contributed by atoms with van der Waals surface area (Å²) in [5, 5.41) is 13.0. The van der Waals surface area contributed by atoms with Gasteiger partial charge in [-0.05, 0) is 42.5 Å². The highest BCUT2D eigenvalue weighted by atomic mass is 16.7. The van der Waals surface area contributed by atoms with Crippen molar-refractivity contribution in [1.82, 2.24) is 5.32 Å². The Morgan fingerprint density at radius 2 is 2.17 bits per heavy atom. The molecule has 1 aliphatic carbocycles. The van der Waals surface area contributed by atoms with Crippen molar-refractivity contribution in [2.24, 2.45) is 0 Å². The minimum absolute atomic E-state index is 0.215. The van der Waals surface area contributed by atoms with Gasteiger partial charge in [0.05, 0.1) is 0 Å². The van der Waals surface area contributed by atoms with E-state index < -0.39 is 0 Å². The fourth-order valence-electron chi connectivity index (χ4n) is 2.51. The summed E-state index contributed by atoms with van der Waals surface area (Å²) in [6, 6.07) is 5.95. The Labute approximate surface area is 108 Å². The van der Waals surface area contributed by atoms with E-state index in [9.17, 15) is 5.11 Å². The number of fused-ring (bicyclic) bond motifs is 1. The number of rotatable bonds is 5. The Morgan fingerprint density at radius 1 is 1.39 bits per heavy atom. The molecule has 4 heteroatoms. The Bertz CT molecular complexity index is 391. The largest absolute Gasteiger partial charge is 0.508 e. The molecule has 1 aliphatic rings. The molecule has 0 spiro atoms. The van der Waals surface area contributed by atoms with Crippen LogP contribution in [0.5, 0.6) is 5.75 Å². The average Bonchev–Trinajstić information content (AvgIpc) is 2.39. The van der Waals surface area contributed by atoms with Crippen LogP contribution in [-0.4, -0.2) is 32.2 Å². The van der Waals surface area contributed by atoms with Gasteiger partial charge in [0.2, 0.25) is 0 Å². The number of methoxy groups -OCH3 is 2. The molecule has 0 bridgehead atoms. The minimum atomic E-state index is -0.215. The molecule has 0 radical (unpaired) electrons. The molecule has 0 saturated carbocycles. The van der Waals surface area contributed by atoms with E-state index in [4.69, 9.17) is 9.47 Å². The van der Waals surface area contributed by atoms with Gasteiger partial charge in [0.25, 0.3) is 0 Å². The topological polar surface area (TPSA) is 50.7 Å². The number of hydrogen-bond acceptors (Lipinski definition) is 4. The van der Waals surface area contributed by atoms with Crippen LogP contribution in [0.3, 0.4) is 0 Å². The average molecular weight is 251 g/mol. The van der Waals surface area contributed by atoms with E-state index in [1.54, 1.807) is 20.3 Å². The van der Waals surface area contributed by atoms with E-state index >= 15 is 0 Å². The molecule has 1 atom stereocenters. The molecule has 18 heavy (non-hydrogen) atoms. The standard InChI is InChI=1S/C14H21NO3/c1-17-14(18-2)9-15-13-5-3-4-10-8-11(16)6-7-12(10)13/h6-8,13-16H,3-5,9H2,1-2H3. The van der Waals surface area contributed by atoms with Crippen LogP contribution in [0.25, 0.3) is 0 Å². The molecule has 1 unspecified atom stereocenters. The number of benzene rings is 1. The maximum absolute atomic E-state index is 9.51. The lowest BCUT2D eigenvalue weighted by Crippen LogP contribution is -2.34. The third-order valence-corrected chi connectivity index (χ3v) is 3.50. The zero-order chi connectivity index (χ0) is 13.0. The van der Waals surface area contributed by atoms with Crippen LogP contribution in [0.4, 0.5) is 0 Å². The number of aromatic hydroxyl groups is 1.